The van der Waals surface area contributed by atoms with E-state index in [0.717, 1.165) is 47.6 Å². The molecule has 2 aliphatic heterocycles. The first-order valence-corrected chi connectivity index (χ1v) is 7.88. The molecule has 0 spiro atoms. The molecule has 2 aliphatic rings. The Kier molecular flexibility index (Phi) is 3.24. The number of rotatable bonds is 2. The van der Waals surface area contributed by atoms with Gasteiger partial charge in [-0.25, -0.2) is 0 Å². The molecular weight excluding hydrogens is 307 g/mol. The van der Waals surface area contributed by atoms with E-state index in [9.17, 15) is 0 Å². The average Bonchev–Trinajstić information content (AvgIpc) is 3.12. The van der Waals surface area contributed by atoms with Gasteiger partial charge in [0.15, 0.2) is 0 Å². The maximum Gasteiger partial charge on any atom is 0.127 e. The highest BCUT2D eigenvalue weighted by Crippen LogP contribution is 2.42. The fraction of sp³-hybridized carbons (Fsp3) is 0.294. The quantitative estimate of drug-likeness (QED) is 0.756. The van der Waals surface area contributed by atoms with Gasteiger partial charge in [-0.15, -0.1) is 11.6 Å². The lowest BCUT2D eigenvalue weighted by Crippen LogP contribution is -1.98. The molecule has 108 valence electrons. The van der Waals surface area contributed by atoms with Gasteiger partial charge < -0.3 is 9.47 Å². The van der Waals surface area contributed by atoms with Gasteiger partial charge in [0.25, 0.3) is 0 Å². The molecule has 1 atom stereocenters. The Labute approximate surface area is 133 Å². The lowest BCUT2D eigenvalue weighted by atomic mass is 9.98. The van der Waals surface area contributed by atoms with Gasteiger partial charge in [0.1, 0.15) is 11.5 Å². The van der Waals surface area contributed by atoms with Gasteiger partial charge in [0.05, 0.1) is 18.6 Å². The second-order valence-electron chi connectivity index (χ2n) is 5.41. The molecule has 0 saturated carbocycles. The zero-order chi connectivity index (χ0) is 14.4. The van der Waals surface area contributed by atoms with Crippen LogP contribution in [0, 0.1) is 0 Å². The summed E-state index contributed by atoms with van der Waals surface area (Å²) in [5, 5.41) is 0.450. The third-order valence-corrected chi connectivity index (χ3v) is 4.76. The Morgan fingerprint density at radius 2 is 1.76 bits per heavy atom. The van der Waals surface area contributed by atoms with E-state index in [1.165, 1.54) is 5.56 Å². The molecule has 0 aromatic heterocycles. The van der Waals surface area contributed by atoms with E-state index in [1.807, 2.05) is 24.3 Å². The Hall–Kier alpha value is -1.38. The maximum absolute atomic E-state index is 6.71. The van der Waals surface area contributed by atoms with E-state index < -0.39 is 0 Å². The molecule has 2 aromatic rings. The first-order chi connectivity index (χ1) is 10.2. The summed E-state index contributed by atoms with van der Waals surface area (Å²) < 4.78 is 11.3. The first-order valence-electron chi connectivity index (χ1n) is 7.07. The van der Waals surface area contributed by atoms with Crippen LogP contribution in [0.2, 0.25) is 5.02 Å². The summed E-state index contributed by atoms with van der Waals surface area (Å²) in [6.45, 7) is 1.45. The van der Waals surface area contributed by atoms with Crippen LogP contribution < -0.4 is 9.47 Å². The predicted molar refractivity (Wildman–Crippen MR) is 84.0 cm³/mol. The lowest BCUT2D eigenvalue weighted by Gasteiger charge is -2.15. The number of fused-ring (bicyclic) bond motifs is 2. The van der Waals surface area contributed by atoms with Gasteiger partial charge in [0.2, 0.25) is 0 Å². The Bertz CT molecular complexity index is 712. The van der Waals surface area contributed by atoms with Crippen molar-refractivity contribution in [2.24, 2.45) is 0 Å². The Morgan fingerprint density at radius 1 is 0.952 bits per heavy atom. The Morgan fingerprint density at radius 3 is 2.67 bits per heavy atom. The van der Waals surface area contributed by atoms with Crippen LogP contribution in [0.5, 0.6) is 11.5 Å². The van der Waals surface area contributed by atoms with Crippen LogP contribution in [-0.2, 0) is 12.8 Å². The van der Waals surface area contributed by atoms with Crippen molar-refractivity contribution in [1.29, 1.82) is 0 Å². The van der Waals surface area contributed by atoms with Gasteiger partial charge >= 0.3 is 0 Å². The van der Waals surface area contributed by atoms with Crippen molar-refractivity contribution >= 4 is 23.2 Å². The number of ether oxygens (including phenoxy) is 2. The SMILES string of the molecule is Clc1cc2c(c(C(Cl)c3ccc4c(c3)CCO4)c1)OCC2. The maximum atomic E-state index is 6.71. The summed E-state index contributed by atoms with van der Waals surface area (Å²) in [4.78, 5) is 0. The lowest BCUT2D eigenvalue weighted by molar-refractivity contribution is 0.353. The standard InChI is InChI=1S/C17H14Cl2O2/c18-13-8-12-4-6-21-17(12)14(9-13)16(19)11-1-2-15-10(7-11)3-5-20-15/h1-2,7-9,16H,3-6H2. The minimum absolute atomic E-state index is 0.263. The van der Waals surface area contributed by atoms with Gasteiger partial charge in [-0.3, -0.25) is 0 Å². The number of hydrogen-bond acceptors (Lipinski definition) is 2. The van der Waals surface area contributed by atoms with Gasteiger partial charge in [-0.05, 0) is 34.9 Å². The second kappa shape index (κ2) is 5.11. The van der Waals surface area contributed by atoms with Crippen molar-refractivity contribution < 1.29 is 9.47 Å². The molecule has 0 amide bonds. The molecule has 4 heteroatoms. The molecule has 2 nitrogen and oxygen atoms in total. The normalized spacial score (nSPS) is 16.9. The third-order valence-electron chi connectivity index (χ3n) is 4.06. The highest BCUT2D eigenvalue weighted by molar-refractivity contribution is 6.31. The van der Waals surface area contributed by atoms with Crippen molar-refractivity contribution in [2.75, 3.05) is 13.2 Å². The summed E-state index contributed by atoms with van der Waals surface area (Å²) in [6, 6.07) is 10.0. The number of halogens is 2. The molecule has 21 heavy (non-hydrogen) atoms. The van der Waals surface area contributed by atoms with E-state index in [-0.39, 0.29) is 5.38 Å². The van der Waals surface area contributed by atoms with E-state index in [4.69, 9.17) is 32.7 Å². The van der Waals surface area contributed by atoms with Crippen LogP contribution >= 0.6 is 23.2 Å². The fourth-order valence-electron chi connectivity index (χ4n) is 3.03. The van der Waals surface area contributed by atoms with Gasteiger partial charge in [-0.2, -0.15) is 0 Å². The first kappa shape index (κ1) is 13.3. The number of alkyl halides is 1. The van der Waals surface area contributed by atoms with Crippen molar-refractivity contribution in [3.8, 4) is 11.5 Å². The van der Waals surface area contributed by atoms with Crippen molar-refractivity contribution in [1.82, 2.24) is 0 Å². The van der Waals surface area contributed by atoms with Crippen molar-refractivity contribution in [3.05, 3.63) is 57.6 Å². The minimum Gasteiger partial charge on any atom is -0.493 e. The zero-order valence-corrected chi connectivity index (χ0v) is 12.9. The molecule has 0 N–H and O–H groups in total. The summed E-state index contributed by atoms with van der Waals surface area (Å²) >= 11 is 12.9. The molecule has 4 rings (SSSR count). The largest absolute Gasteiger partial charge is 0.493 e. The molecule has 1 unspecified atom stereocenters. The molecule has 0 bridgehead atoms. The molecule has 0 saturated heterocycles. The highest BCUT2D eigenvalue weighted by Gasteiger charge is 2.24. The van der Waals surface area contributed by atoms with E-state index in [1.54, 1.807) is 0 Å². The summed E-state index contributed by atoms with van der Waals surface area (Å²) in [5.74, 6) is 1.87. The summed E-state index contributed by atoms with van der Waals surface area (Å²) in [6.07, 6.45) is 1.83. The minimum atomic E-state index is -0.263. The number of hydrogen-bond donors (Lipinski definition) is 0. The smallest absolute Gasteiger partial charge is 0.127 e. The van der Waals surface area contributed by atoms with Crippen LogP contribution in [0.15, 0.2) is 30.3 Å². The Balaban J connectivity index is 1.77. The molecule has 0 radical (unpaired) electrons. The topological polar surface area (TPSA) is 18.5 Å². The fourth-order valence-corrected chi connectivity index (χ4v) is 3.58. The zero-order valence-electron chi connectivity index (χ0n) is 11.4. The highest BCUT2D eigenvalue weighted by atomic mass is 35.5. The predicted octanol–water partition coefficient (Wildman–Crippen LogP) is 4.54. The molecular formula is C17H14Cl2O2. The van der Waals surface area contributed by atoms with Crippen LogP contribution in [0.25, 0.3) is 0 Å². The van der Waals surface area contributed by atoms with Crippen molar-refractivity contribution in [2.45, 2.75) is 18.2 Å². The molecule has 0 aliphatic carbocycles. The van der Waals surface area contributed by atoms with Crippen LogP contribution in [0.1, 0.15) is 27.6 Å². The van der Waals surface area contributed by atoms with Crippen LogP contribution in [0.4, 0.5) is 0 Å². The second-order valence-corrected chi connectivity index (χ2v) is 6.28. The van der Waals surface area contributed by atoms with Gasteiger partial charge in [-0.1, -0.05) is 23.7 Å². The van der Waals surface area contributed by atoms with Crippen LogP contribution in [0.3, 0.4) is 0 Å². The number of benzene rings is 2. The average molecular weight is 321 g/mol. The third kappa shape index (κ3) is 2.27. The monoisotopic (exact) mass is 320 g/mol. The van der Waals surface area contributed by atoms with Crippen LogP contribution in [-0.4, -0.2) is 13.2 Å². The van der Waals surface area contributed by atoms with E-state index in [2.05, 4.69) is 6.07 Å². The van der Waals surface area contributed by atoms with Crippen molar-refractivity contribution in [3.63, 3.8) is 0 Å². The summed E-state index contributed by atoms with van der Waals surface area (Å²) in [7, 11) is 0. The summed E-state index contributed by atoms with van der Waals surface area (Å²) in [5.41, 5.74) is 4.38. The van der Waals surface area contributed by atoms with E-state index >= 15 is 0 Å². The molecule has 2 aromatic carbocycles. The van der Waals surface area contributed by atoms with E-state index in [0.29, 0.717) is 11.6 Å². The molecule has 2 heterocycles. The van der Waals surface area contributed by atoms with Gasteiger partial charge in [0, 0.05) is 23.4 Å². The molecule has 0 fully saturated rings.